The fraction of sp³-hybridized carbons (Fsp3) is 0.545. The number of halogens is 1. The summed E-state index contributed by atoms with van der Waals surface area (Å²) in [5.41, 5.74) is 4.61. The highest BCUT2D eigenvalue weighted by molar-refractivity contribution is 6.30. The Kier molecular flexibility index (Phi) is 4.77. The van der Waals surface area contributed by atoms with Gasteiger partial charge in [0.1, 0.15) is 6.29 Å². The summed E-state index contributed by atoms with van der Waals surface area (Å²) in [6, 6.07) is 8.32. The Hall–Kier alpha value is -1.69. The Bertz CT molecular complexity index is 868. The van der Waals surface area contributed by atoms with Gasteiger partial charge in [-0.05, 0) is 61.4 Å². The standard InChI is InChI=1S/C22H26ClN3O2/c23-16-5-6-18-19(12-16)22(28-21(18)2-1-11-27)7-9-26(10-8-22)14-17-13-20(25-24-17)15-3-4-15/h5-6,11-13,15,21H,1-4,7-10,14H2,(H,24,25). The average Bonchev–Trinajstić information content (AvgIpc) is 3.39. The van der Waals surface area contributed by atoms with E-state index in [-0.39, 0.29) is 11.7 Å². The first-order valence-corrected chi connectivity index (χ1v) is 10.7. The van der Waals surface area contributed by atoms with Crippen LogP contribution in [0.3, 0.4) is 0 Å². The Morgan fingerprint density at radius 3 is 2.86 bits per heavy atom. The van der Waals surface area contributed by atoms with Crippen LogP contribution in [0.5, 0.6) is 0 Å². The van der Waals surface area contributed by atoms with Crippen molar-refractivity contribution >= 4 is 17.9 Å². The number of aromatic nitrogens is 2. The Balaban J connectivity index is 1.29. The van der Waals surface area contributed by atoms with Crippen LogP contribution in [0.4, 0.5) is 0 Å². The van der Waals surface area contributed by atoms with Crippen molar-refractivity contribution in [2.75, 3.05) is 13.1 Å². The maximum Gasteiger partial charge on any atom is 0.120 e. The zero-order valence-corrected chi connectivity index (χ0v) is 16.8. The highest BCUT2D eigenvalue weighted by Gasteiger charge is 2.46. The van der Waals surface area contributed by atoms with E-state index >= 15 is 0 Å². The SMILES string of the molecule is O=CCCC1OC2(CCN(Cc3cc(C4CC4)n[nH]3)CC2)c2cc(Cl)ccc21. The van der Waals surface area contributed by atoms with Gasteiger partial charge in [0.2, 0.25) is 0 Å². The van der Waals surface area contributed by atoms with Crippen LogP contribution in [-0.2, 0) is 21.7 Å². The molecule has 2 fully saturated rings. The third-order valence-corrected chi connectivity index (χ3v) is 6.71. The van der Waals surface area contributed by atoms with Crippen LogP contribution in [0.15, 0.2) is 24.3 Å². The number of fused-ring (bicyclic) bond motifs is 2. The molecule has 1 saturated heterocycles. The van der Waals surface area contributed by atoms with Gasteiger partial charge in [0.05, 0.1) is 17.4 Å². The summed E-state index contributed by atoms with van der Waals surface area (Å²) in [6.45, 7) is 2.86. The fourth-order valence-corrected chi connectivity index (χ4v) is 4.96. The molecule has 3 heterocycles. The number of nitrogens with zero attached hydrogens (tertiary/aromatic N) is 2. The lowest BCUT2D eigenvalue weighted by Gasteiger charge is -2.39. The molecule has 1 N–H and O–H groups in total. The van der Waals surface area contributed by atoms with Gasteiger partial charge in [0.25, 0.3) is 0 Å². The molecule has 2 aliphatic heterocycles. The highest BCUT2D eigenvalue weighted by Crippen LogP contribution is 2.51. The van der Waals surface area contributed by atoms with Gasteiger partial charge in [-0.1, -0.05) is 17.7 Å². The molecule has 1 saturated carbocycles. The second kappa shape index (κ2) is 7.29. The van der Waals surface area contributed by atoms with Gasteiger partial charge in [-0.25, -0.2) is 0 Å². The van der Waals surface area contributed by atoms with Crippen LogP contribution in [-0.4, -0.2) is 34.5 Å². The second-order valence-electron chi connectivity index (χ2n) is 8.44. The maximum absolute atomic E-state index is 10.9. The average molecular weight is 400 g/mol. The topological polar surface area (TPSA) is 58.2 Å². The van der Waals surface area contributed by atoms with Crippen molar-refractivity contribution in [1.29, 1.82) is 0 Å². The quantitative estimate of drug-likeness (QED) is 0.727. The molecule has 0 bridgehead atoms. The first-order chi connectivity index (χ1) is 13.7. The molecule has 1 aliphatic carbocycles. The molecule has 1 aromatic heterocycles. The zero-order valence-electron chi connectivity index (χ0n) is 16.0. The largest absolute Gasteiger partial charge is 0.362 e. The van der Waals surface area contributed by atoms with E-state index in [1.165, 1.54) is 35.4 Å². The van der Waals surface area contributed by atoms with Crippen LogP contribution in [0.25, 0.3) is 0 Å². The van der Waals surface area contributed by atoms with E-state index in [1.807, 2.05) is 6.07 Å². The van der Waals surface area contributed by atoms with Crippen LogP contribution >= 0.6 is 11.6 Å². The van der Waals surface area contributed by atoms with Crippen molar-refractivity contribution in [2.45, 2.75) is 62.7 Å². The molecule has 1 atom stereocenters. The van der Waals surface area contributed by atoms with Gasteiger partial charge in [-0.3, -0.25) is 10.00 Å². The van der Waals surface area contributed by atoms with Crippen molar-refractivity contribution in [2.24, 2.45) is 0 Å². The molecule has 148 valence electrons. The summed E-state index contributed by atoms with van der Waals surface area (Å²) in [5, 5.41) is 8.44. The van der Waals surface area contributed by atoms with Crippen LogP contribution < -0.4 is 0 Å². The van der Waals surface area contributed by atoms with Crippen molar-refractivity contribution in [1.82, 2.24) is 15.1 Å². The number of aromatic amines is 1. The first-order valence-electron chi connectivity index (χ1n) is 10.3. The minimum Gasteiger partial charge on any atom is -0.362 e. The Labute approximate surface area is 170 Å². The molecular weight excluding hydrogens is 374 g/mol. The maximum atomic E-state index is 10.9. The Morgan fingerprint density at radius 2 is 2.11 bits per heavy atom. The van der Waals surface area contributed by atoms with E-state index in [1.54, 1.807) is 0 Å². The van der Waals surface area contributed by atoms with E-state index in [0.717, 1.165) is 50.2 Å². The summed E-state index contributed by atoms with van der Waals surface area (Å²) in [6.07, 6.45) is 6.69. The first kappa shape index (κ1) is 18.3. The third-order valence-electron chi connectivity index (χ3n) is 6.47. The number of piperidine rings is 1. The van der Waals surface area contributed by atoms with E-state index < -0.39 is 0 Å². The van der Waals surface area contributed by atoms with Gasteiger partial charge < -0.3 is 9.53 Å². The predicted octanol–water partition coefficient (Wildman–Crippen LogP) is 4.48. The molecule has 3 aliphatic rings. The molecule has 1 aromatic carbocycles. The van der Waals surface area contributed by atoms with Gasteiger partial charge in [-0.2, -0.15) is 5.10 Å². The number of likely N-dealkylation sites (tertiary alicyclic amines) is 1. The van der Waals surface area contributed by atoms with Gasteiger partial charge >= 0.3 is 0 Å². The Morgan fingerprint density at radius 1 is 1.29 bits per heavy atom. The summed E-state index contributed by atoms with van der Waals surface area (Å²) in [4.78, 5) is 13.3. The van der Waals surface area contributed by atoms with Crippen LogP contribution in [0.1, 0.15) is 73.1 Å². The number of H-pyrrole nitrogens is 1. The van der Waals surface area contributed by atoms with Gasteiger partial charge in [0, 0.05) is 42.7 Å². The summed E-state index contributed by atoms with van der Waals surface area (Å²) in [5.74, 6) is 0.686. The lowest BCUT2D eigenvalue weighted by atomic mass is 9.83. The lowest BCUT2D eigenvalue weighted by molar-refractivity contribution is -0.118. The number of aldehydes is 1. The smallest absolute Gasteiger partial charge is 0.120 e. The molecule has 1 unspecified atom stereocenters. The molecular formula is C22H26ClN3O2. The zero-order chi connectivity index (χ0) is 19.1. The third kappa shape index (κ3) is 3.40. The van der Waals surface area contributed by atoms with Crippen molar-refractivity contribution in [3.63, 3.8) is 0 Å². The minimum atomic E-state index is -0.266. The minimum absolute atomic E-state index is 0.00211. The lowest BCUT2D eigenvalue weighted by Crippen LogP contribution is -2.42. The molecule has 5 nitrogen and oxygen atoms in total. The molecule has 2 aromatic rings. The number of carbonyl (C=O) groups excluding carboxylic acids is 1. The fourth-order valence-electron chi connectivity index (χ4n) is 4.79. The van der Waals surface area contributed by atoms with E-state index in [9.17, 15) is 4.79 Å². The van der Waals surface area contributed by atoms with Crippen LogP contribution in [0, 0.1) is 0 Å². The second-order valence-corrected chi connectivity index (χ2v) is 8.88. The van der Waals surface area contributed by atoms with E-state index in [2.05, 4.69) is 33.3 Å². The van der Waals surface area contributed by atoms with Crippen molar-refractivity contribution in [3.05, 3.63) is 51.8 Å². The number of nitrogens with one attached hydrogen (secondary N) is 1. The van der Waals surface area contributed by atoms with Crippen molar-refractivity contribution < 1.29 is 9.53 Å². The van der Waals surface area contributed by atoms with E-state index in [4.69, 9.17) is 16.3 Å². The summed E-state index contributed by atoms with van der Waals surface area (Å²) >= 11 is 6.31. The molecule has 1 spiro atoms. The highest BCUT2D eigenvalue weighted by atomic mass is 35.5. The summed E-state index contributed by atoms with van der Waals surface area (Å²) < 4.78 is 6.60. The number of rotatable bonds is 6. The molecule has 28 heavy (non-hydrogen) atoms. The summed E-state index contributed by atoms with van der Waals surface area (Å²) in [7, 11) is 0. The number of hydrogen-bond acceptors (Lipinski definition) is 4. The monoisotopic (exact) mass is 399 g/mol. The van der Waals surface area contributed by atoms with Gasteiger partial charge in [-0.15, -0.1) is 0 Å². The van der Waals surface area contributed by atoms with Crippen LogP contribution in [0.2, 0.25) is 5.02 Å². The van der Waals surface area contributed by atoms with Crippen molar-refractivity contribution in [3.8, 4) is 0 Å². The number of benzene rings is 1. The van der Waals surface area contributed by atoms with E-state index in [0.29, 0.717) is 12.3 Å². The predicted molar refractivity (Wildman–Crippen MR) is 107 cm³/mol. The molecule has 0 radical (unpaired) electrons. The number of ether oxygens (including phenoxy) is 1. The molecule has 6 heteroatoms. The number of hydrogen-bond donors (Lipinski definition) is 1. The number of carbonyl (C=O) groups is 1. The van der Waals surface area contributed by atoms with Gasteiger partial charge in [0.15, 0.2) is 0 Å². The normalized spacial score (nSPS) is 23.8. The molecule has 0 amide bonds. The molecule has 5 rings (SSSR count).